The molecule has 19 heavy (non-hydrogen) atoms. The predicted molar refractivity (Wildman–Crippen MR) is 75.3 cm³/mol. The Morgan fingerprint density at radius 2 is 1.89 bits per heavy atom. The Hall–Kier alpha value is -1.87. The number of benzene rings is 2. The summed E-state index contributed by atoms with van der Waals surface area (Å²) in [6, 6.07) is 9.55. The van der Waals surface area contributed by atoms with Crippen LogP contribution < -0.4 is 5.32 Å². The van der Waals surface area contributed by atoms with E-state index in [1.54, 1.807) is 24.3 Å². The number of nitrogens with one attached hydrogen (secondary N) is 1. The van der Waals surface area contributed by atoms with Gasteiger partial charge in [0.25, 0.3) is 5.91 Å². The summed E-state index contributed by atoms with van der Waals surface area (Å²) in [7, 11) is 0. The first-order valence-corrected chi connectivity index (χ1v) is 6.19. The van der Waals surface area contributed by atoms with Gasteiger partial charge in [0.1, 0.15) is 5.82 Å². The Bertz CT molecular complexity index is 640. The molecule has 0 aliphatic heterocycles. The summed E-state index contributed by atoms with van der Waals surface area (Å²) in [5.74, 6) is -0.999. The van der Waals surface area contributed by atoms with Crippen molar-refractivity contribution in [3.8, 4) is 0 Å². The van der Waals surface area contributed by atoms with Crippen LogP contribution in [0.2, 0.25) is 5.02 Å². The largest absolute Gasteiger partial charge is 0.322 e. The first-order valence-electron chi connectivity index (χ1n) is 5.81. The summed E-state index contributed by atoms with van der Waals surface area (Å²) in [5, 5.41) is 3.28. The number of anilines is 1. The highest BCUT2D eigenvalue weighted by atomic mass is 35.5. The number of aryl methyl sites for hydroxylation is 2. The number of halogens is 2. The zero-order valence-electron chi connectivity index (χ0n) is 10.6. The molecule has 0 saturated carbocycles. The standard InChI is InChI=1S/C15H13ClFNO/c1-9-3-5-13(17)12(7-9)15(19)18-14-6-4-11(16)8-10(14)2/h3-8H,1-2H3,(H,18,19). The predicted octanol–water partition coefficient (Wildman–Crippen LogP) is 4.35. The first-order chi connectivity index (χ1) is 8.97. The van der Waals surface area contributed by atoms with E-state index >= 15 is 0 Å². The maximum atomic E-state index is 13.6. The fourth-order valence-electron chi connectivity index (χ4n) is 1.77. The van der Waals surface area contributed by atoms with Crippen molar-refractivity contribution in [2.45, 2.75) is 13.8 Å². The molecule has 0 aliphatic carbocycles. The summed E-state index contributed by atoms with van der Waals surface area (Å²) < 4.78 is 13.6. The third kappa shape index (κ3) is 3.12. The van der Waals surface area contributed by atoms with Gasteiger partial charge in [-0.3, -0.25) is 4.79 Å². The smallest absolute Gasteiger partial charge is 0.258 e. The number of carbonyl (C=O) groups excluding carboxylic acids is 1. The van der Waals surface area contributed by atoms with Gasteiger partial charge in [-0.2, -0.15) is 0 Å². The monoisotopic (exact) mass is 277 g/mol. The Kier molecular flexibility index (Phi) is 3.86. The molecule has 2 aromatic rings. The van der Waals surface area contributed by atoms with Crippen LogP contribution in [0.25, 0.3) is 0 Å². The zero-order chi connectivity index (χ0) is 14.0. The number of carbonyl (C=O) groups is 1. The summed E-state index contributed by atoms with van der Waals surface area (Å²) in [6.45, 7) is 3.64. The van der Waals surface area contributed by atoms with Crippen LogP contribution >= 0.6 is 11.6 Å². The molecule has 2 nitrogen and oxygen atoms in total. The molecule has 0 aliphatic rings. The second-order valence-electron chi connectivity index (χ2n) is 4.40. The fraction of sp³-hybridized carbons (Fsp3) is 0.133. The SMILES string of the molecule is Cc1ccc(F)c(C(=O)Nc2ccc(Cl)cc2C)c1. The maximum Gasteiger partial charge on any atom is 0.258 e. The van der Waals surface area contributed by atoms with Gasteiger partial charge in [0, 0.05) is 10.7 Å². The molecule has 0 fully saturated rings. The van der Waals surface area contributed by atoms with Crippen molar-refractivity contribution in [2.24, 2.45) is 0 Å². The van der Waals surface area contributed by atoms with E-state index in [1.807, 2.05) is 13.8 Å². The van der Waals surface area contributed by atoms with E-state index in [0.717, 1.165) is 11.1 Å². The van der Waals surface area contributed by atoms with Crippen molar-refractivity contribution in [3.05, 3.63) is 63.9 Å². The molecule has 2 rings (SSSR count). The minimum absolute atomic E-state index is 0.0364. The quantitative estimate of drug-likeness (QED) is 0.869. The van der Waals surface area contributed by atoms with Crippen LogP contribution in [0.5, 0.6) is 0 Å². The van der Waals surface area contributed by atoms with Crippen molar-refractivity contribution < 1.29 is 9.18 Å². The lowest BCUT2D eigenvalue weighted by atomic mass is 10.1. The van der Waals surface area contributed by atoms with Crippen molar-refractivity contribution in [3.63, 3.8) is 0 Å². The van der Waals surface area contributed by atoms with Crippen LogP contribution in [0.15, 0.2) is 36.4 Å². The van der Waals surface area contributed by atoms with Crippen LogP contribution in [0.4, 0.5) is 10.1 Å². The first kappa shape index (κ1) is 13.6. The summed E-state index contributed by atoms with van der Waals surface area (Å²) in [6.07, 6.45) is 0. The highest BCUT2D eigenvalue weighted by Crippen LogP contribution is 2.21. The van der Waals surface area contributed by atoms with Gasteiger partial charge in [-0.25, -0.2) is 4.39 Å². The number of hydrogen-bond acceptors (Lipinski definition) is 1. The van der Waals surface area contributed by atoms with Crippen molar-refractivity contribution >= 4 is 23.2 Å². The van der Waals surface area contributed by atoms with E-state index in [9.17, 15) is 9.18 Å². The Morgan fingerprint density at radius 3 is 2.58 bits per heavy atom. The Balaban J connectivity index is 2.28. The lowest BCUT2D eigenvalue weighted by molar-refractivity contribution is 0.102. The van der Waals surface area contributed by atoms with E-state index in [2.05, 4.69) is 5.32 Å². The molecular weight excluding hydrogens is 265 g/mol. The van der Waals surface area contributed by atoms with Gasteiger partial charge >= 0.3 is 0 Å². The second-order valence-corrected chi connectivity index (χ2v) is 4.83. The Morgan fingerprint density at radius 1 is 1.16 bits per heavy atom. The number of amides is 1. The summed E-state index contributed by atoms with van der Waals surface area (Å²) in [5.41, 5.74) is 2.32. The molecule has 4 heteroatoms. The van der Waals surface area contributed by atoms with E-state index in [1.165, 1.54) is 12.1 Å². The highest BCUT2D eigenvalue weighted by molar-refractivity contribution is 6.30. The molecule has 0 radical (unpaired) electrons. The normalized spacial score (nSPS) is 10.3. The molecule has 0 heterocycles. The third-order valence-electron chi connectivity index (χ3n) is 2.80. The minimum Gasteiger partial charge on any atom is -0.322 e. The molecule has 1 amide bonds. The van der Waals surface area contributed by atoms with Gasteiger partial charge in [0.05, 0.1) is 5.56 Å². The highest BCUT2D eigenvalue weighted by Gasteiger charge is 2.13. The van der Waals surface area contributed by atoms with Gasteiger partial charge in [0.2, 0.25) is 0 Å². The van der Waals surface area contributed by atoms with Gasteiger partial charge in [0.15, 0.2) is 0 Å². The molecule has 0 saturated heterocycles. The van der Waals surface area contributed by atoms with Crippen molar-refractivity contribution in [2.75, 3.05) is 5.32 Å². The van der Waals surface area contributed by atoms with E-state index in [0.29, 0.717) is 10.7 Å². The lowest BCUT2D eigenvalue weighted by Crippen LogP contribution is -2.14. The molecule has 0 unspecified atom stereocenters. The van der Waals surface area contributed by atoms with E-state index < -0.39 is 11.7 Å². The molecule has 0 atom stereocenters. The summed E-state index contributed by atoms with van der Waals surface area (Å²) in [4.78, 5) is 12.0. The van der Waals surface area contributed by atoms with Crippen LogP contribution in [0.3, 0.4) is 0 Å². The van der Waals surface area contributed by atoms with Crippen molar-refractivity contribution in [1.82, 2.24) is 0 Å². The zero-order valence-corrected chi connectivity index (χ0v) is 11.4. The molecule has 1 N–H and O–H groups in total. The van der Waals surface area contributed by atoms with E-state index in [-0.39, 0.29) is 5.56 Å². The molecule has 0 aromatic heterocycles. The average molecular weight is 278 g/mol. The summed E-state index contributed by atoms with van der Waals surface area (Å²) >= 11 is 5.84. The third-order valence-corrected chi connectivity index (χ3v) is 3.04. The van der Waals surface area contributed by atoms with E-state index in [4.69, 9.17) is 11.6 Å². The van der Waals surface area contributed by atoms with Gasteiger partial charge in [-0.15, -0.1) is 0 Å². The van der Waals surface area contributed by atoms with Crippen LogP contribution in [-0.4, -0.2) is 5.91 Å². The van der Waals surface area contributed by atoms with Gasteiger partial charge in [-0.05, 0) is 49.7 Å². The number of hydrogen-bond donors (Lipinski definition) is 1. The minimum atomic E-state index is -0.533. The lowest BCUT2D eigenvalue weighted by Gasteiger charge is -2.09. The molecule has 0 bridgehead atoms. The second kappa shape index (κ2) is 5.41. The van der Waals surface area contributed by atoms with Gasteiger partial charge in [-0.1, -0.05) is 23.2 Å². The molecular formula is C15H13ClFNO. The van der Waals surface area contributed by atoms with Crippen molar-refractivity contribution in [1.29, 1.82) is 0 Å². The topological polar surface area (TPSA) is 29.1 Å². The van der Waals surface area contributed by atoms with Crippen LogP contribution in [0.1, 0.15) is 21.5 Å². The fourth-order valence-corrected chi connectivity index (χ4v) is 2.00. The molecule has 2 aromatic carbocycles. The molecule has 98 valence electrons. The molecule has 0 spiro atoms. The maximum absolute atomic E-state index is 13.6. The van der Waals surface area contributed by atoms with Crippen LogP contribution in [0, 0.1) is 19.7 Å². The van der Waals surface area contributed by atoms with Crippen LogP contribution in [-0.2, 0) is 0 Å². The number of rotatable bonds is 2. The average Bonchev–Trinajstić information content (AvgIpc) is 2.35. The van der Waals surface area contributed by atoms with Gasteiger partial charge < -0.3 is 5.32 Å². The Labute approximate surface area is 116 Å².